The standard InChI is InChI=1S/C18H26N4O2/c1-3-5-11-24-17-15(8-6-10-20-17)13-21-18(19-4-2)22-14-16-9-7-12-23-16/h6-10,12H,3-5,11,13-14H2,1-2H3,(H2,19,21,22). The fraction of sp³-hybridized carbons (Fsp3) is 0.444. The molecule has 0 aliphatic heterocycles. The molecule has 2 heterocycles. The Morgan fingerprint density at radius 1 is 1.25 bits per heavy atom. The van der Waals surface area contributed by atoms with Crippen molar-refractivity contribution in [1.82, 2.24) is 15.6 Å². The van der Waals surface area contributed by atoms with Crippen LogP contribution in [0.1, 0.15) is 38.0 Å². The van der Waals surface area contributed by atoms with Crippen LogP contribution in [0.15, 0.2) is 46.1 Å². The summed E-state index contributed by atoms with van der Waals surface area (Å²) >= 11 is 0. The van der Waals surface area contributed by atoms with Crippen LogP contribution in [0, 0.1) is 0 Å². The van der Waals surface area contributed by atoms with Crippen molar-refractivity contribution in [3.8, 4) is 5.88 Å². The van der Waals surface area contributed by atoms with Gasteiger partial charge in [-0.05, 0) is 31.5 Å². The molecule has 0 saturated heterocycles. The summed E-state index contributed by atoms with van der Waals surface area (Å²) in [5.41, 5.74) is 0.976. The van der Waals surface area contributed by atoms with E-state index in [1.54, 1.807) is 12.5 Å². The number of furan rings is 1. The molecule has 0 aliphatic carbocycles. The first-order valence-corrected chi connectivity index (χ1v) is 8.44. The third-order valence-corrected chi connectivity index (χ3v) is 3.35. The Bertz CT molecular complexity index is 611. The third-order valence-electron chi connectivity index (χ3n) is 3.35. The lowest BCUT2D eigenvalue weighted by Crippen LogP contribution is -2.36. The Kier molecular flexibility index (Phi) is 7.67. The van der Waals surface area contributed by atoms with Crippen molar-refractivity contribution in [3.05, 3.63) is 48.0 Å². The smallest absolute Gasteiger partial charge is 0.218 e. The average molecular weight is 330 g/mol. The fourth-order valence-corrected chi connectivity index (χ4v) is 2.08. The van der Waals surface area contributed by atoms with Crippen molar-refractivity contribution in [1.29, 1.82) is 0 Å². The molecule has 130 valence electrons. The van der Waals surface area contributed by atoms with Crippen molar-refractivity contribution in [3.63, 3.8) is 0 Å². The Morgan fingerprint density at radius 2 is 2.17 bits per heavy atom. The molecule has 0 amide bonds. The molecule has 0 atom stereocenters. The zero-order valence-corrected chi connectivity index (χ0v) is 14.4. The minimum absolute atomic E-state index is 0.503. The molecule has 2 rings (SSSR count). The quantitative estimate of drug-likeness (QED) is 0.420. The molecular weight excluding hydrogens is 304 g/mol. The number of nitrogens with zero attached hydrogens (tertiary/aromatic N) is 2. The lowest BCUT2D eigenvalue weighted by Gasteiger charge is -2.11. The zero-order chi connectivity index (χ0) is 17.0. The molecule has 0 radical (unpaired) electrons. The minimum Gasteiger partial charge on any atom is -0.477 e. The highest BCUT2D eigenvalue weighted by Gasteiger charge is 2.05. The molecule has 0 bridgehead atoms. The van der Waals surface area contributed by atoms with E-state index in [4.69, 9.17) is 9.15 Å². The van der Waals surface area contributed by atoms with Gasteiger partial charge in [-0.2, -0.15) is 0 Å². The van der Waals surface area contributed by atoms with Crippen molar-refractivity contribution in [2.45, 2.75) is 39.8 Å². The number of nitrogens with one attached hydrogen (secondary N) is 2. The van der Waals surface area contributed by atoms with Crippen LogP contribution in [0.25, 0.3) is 0 Å². The largest absolute Gasteiger partial charge is 0.477 e. The number of rotatable bonds is 9. The van der Waals surface area contributed by atoms with Crippen LogP contribution in [0.3, 0.4) is 0 Å². The van der Waals surface area contributed by atoms with Gasteiger partial charge in [0.2, 0.25) is 5.88 Å². The van der Waals surface area contributed by atoms with Gasteiger partial charge in [0.05, 0.1) is 26.0 Å². The van der Waals surface area contributed by atoms with Crippen molar-refractivity contribution in [2.75, 3.05) is 13.2 Å². The third kappa shape index (κ3) is 5.95. The van der Waals surface area contributed by atoms with Gasteiger partial charge < -0.3 is 19.8 Å². The van der Waals surface area contributed by atoms with E-state index in [0.717, 1.165) is 36.7 Å². The van der Waals surface area contributed by atoms with E-state index in [1.165, 1.54) is 0 Å². The summed E-state index contributed by atoms with van der Waals surface area (Å²) in [5.74, 6) is 2.26. The van der Waals surface area contributed by atoms with E-state index in [-0.39, 0.29) is 0 Å². The molecule has 6 heteroatoms. The van der Waals surface area contributed by atoms with Gasteiger partial charge in [-0.3, -0.25) is 0 Å². The monoisotopic (exact) mass is 330 g/mol. The highest BCUT2D eigenvalue weighted by atomic mass is 16.5. The Morgan fingerprint density at radius 3 is 2.92 bits per heavy atom. The molecule has 0 spiro atoms. The summed E-state index contributed by atoms with van der Waals surface area (Å²) in [6.45, 7) is 6.74. The van der Waals surface area contributed by atoms with Gasteiger partial charge in [0, 0.05) is 18.3 Å². The molecule has 0 unspecified atom stereocenters. The Labute approximate surface area is 143 Å². The summed E-state index contributed by atoms with van der Waals surface area (Å²) in [5, 5.41) is 6.47. The number of pyridine rings is 1. The summed E-state index contributed by atoms with van der Waals surface area (Å²) in [6.07, 6.45) is 5.53. The van der Waals surface area contributed by atoms with Gasteiger partial charge in [-0.1, -0.05) is 19.4 Å². The molecule has 0 aromatic carbocycles. The van der Waals surface area contributed by atoms with Crippen LogP contribution in [0.2, 0.25) is 0 Å². The summed E-state index contributed by atoms with van der Waals surface area (Å²) in [6, 6.07) is 7.70. The lowest BCUT2D eigenvalue weighted by molar-refractivity contribution is 0.294. The van der Waals surface area contributed by atoms with Crippen LogP contribution in [0.4, 0.5) is 0 Å². The summed E-state index contributed by atoms with van der Waals surface area (Å²) in [7, 11) is 0. The molecule has 2 aromatic rings. The number of unbranched alkanes of at least 4 members (excludes halogenated alkanes) is 1. The molecule has 2 aromatic heterocycles. The topological polar surface area (TPSA) is 71.7 Å². The zero-order valence-electron chi connectivity index (χ0n) is 14.4. The predicted octanol–water partition coefficient (Wildman–Crippen LogP) is 3.11. The Hall–Kier alpha value is -2.50. The van der Waals surface area contributed by atoms with E-state index in [9.17, 15) is 0 Å². The number of guanidine groups is 1. The average Bonchev–Trinajstić information content (AvgIpc) is 3.12. The van der Waals surface area contributed by atoms with Crippen LogP contribution < -0.4 is 15.4 Å². The van der Waals surface area contributed by atoms with E-state index < -0.39 is 0 Å². The summed E-state index contributed by atoms with van der Waals surface area (Å²) in [4.78, 5) is 8.92. The molecule has 2 N–H and O–H groups in total. The first kappa shape index (κ1) is 17.8. The number of aliphatic imine (C=N–C) groups is 1. The number of ether oxygens (including phenoxy) is 1. The molecule has 0 saturated carbocycles. The van der Waals surface area contributed by atoms with Crippen LogP contribution in [0.5, 0.6) is 5.88 Å². The second kappa shape index (κ2) is 10.3. The maximum Gasteiger partial charge on any atom is 0.218 e. The van der Waals surface area contributed by atoms with Crippen molar-refractivity contribution >= 4 is 5.96 Å². The fourth-order valence-electron chi connectivity index (χ4n) is 2.08. The lowest BCUT2D eigenvalue weighted by atomic mass is 10.2. The number of hydrogen-bond acceptors (Lipinski definition) is 4. The molecule has 6 nitrogen and oxygen atoms in total. The van der Waals surface area contributed by atoms with Gasteiger partial charge in [0.25, 0.3) is 0 Å². The normalized spacial score (nSPS) is 11.3. The van der Waals surface area contributed by atoms with E-state index >= 15 is 0 Å². The highest BCUT2D eigenvalue weighted by Crippen LogP contribution is 2.15. The number of hydrogen-bond donors (Lipinski definition) is 2. The maximum absolute atomic E-state index is 5.75. The predicted molar refractivity (Wildman–Crippen MR) is 95.0 cm³/mol. The first-order valence-electron chi connectivity index (χ1n) is 8.44. The molecule has 0 fully saturated rings. The van der Waals surface area contributed by atoms with Crippen LogP contribution >= 0.6 is 0 Å². The van der Waals surface area contributed by atoms with Crippen LogP contribution in [-0.2, 0) is 13.1 Å². The van der Waals surface area contributed by atoms with Gasteiger partial charge in [0.1, 0.15) is 5.76 Å². The van der Waals surface area contributed by atoms with Gasteiger partial charge in [0.15, 0.2) is 5.96 Å². The van der Waals surface area contributed by atoms with Gasteiger partial charge in [-0.15, -0.1) is 0 Å². The van der Waals surface area contributed by atoms with Crippen molar-refractivity contribution < 1.29 is 9.15 Å². The molecule has 24 heavy (non-hydrogen) atoms. The van der Waals surface area contributed by atoms with Gasteiger partial charge >= 0.3 is 0 Å². The second-order valence-electron chi connectivity index (χ2n) is 5.30. The SMILES string of the molecule is CCCCOc1ncccc1CN=C(NCC)NCc1ccco1. The Balaban J connectivity index is 1.97. The van der Waals surface area contributed by atoms with E-state index in [1.807, 2.05) is 31.2 Å². The van der Waals surface area contributed by atoms with Gasteiger partial charge in [-0.25, -0.2) is 9.98 Å². The maximum atomic E-state index is 5.75. The van der Waals surface area contributed by atoms with Crippen LogP contribution in [-0.4, -0.2) is 24.1 Å². The van der Waals surface area contributed by atoms with Crippen molar-refractivity contribution in [2.24, 2.45) is 4.99 Å². The molecule has 0 aliphatic rings. The summed E-state index contributed by atoms with van der Waals surface area (Å²) < 4.78 is 11.1. The van der Waals surface area contributed by atoms with E-state index in [2.05, 4.69) is 27.5 Å². The molecular formula is C18H26N4O2. The minimum atomic E-state index is 0.503. The van der Waals surface area contributed by atoms with E-state index in [0.29, 0.717) is 25.6 Å². The number of aromatic nitrogens is 1. The highest BCUT2D eigenvalue weighted by molar-refractivity contribution is 5.79. The second-order valence-corrected chi connectivity index (χ2v) is 5.30. The first-order chi connectivity index (χ1) is 11.8.